The highest BCUT2D eigenvalue weighted by atomic mass is 16.4. The van der Waals surface area contributed by atoms with Gasteiger partial charge >= 0.3 is 5.97 Å². The zero-order valence-electron chi connectivity index (χ0n) is 13.7. The predicted octanol–water partition coefficient (Wildman–Crippen LogP) is 2.91. The van der Waals surface area contributed by atoms with Crippen molar-refractivity contribution in [3.05, 3.63) is 24.4 Å². The van der Waals surface area contributed by atoms with Crippen molar-refractivity contribution in [2.75, 3.05) is 5.32 Å². The molecule has 1 aromatic heterocycles. The summed E-state index contributed by atoms with van der Waals surface area (Å²) in [5.74, 6) is -2.26. The molecule has 1 amide bonds. The lowest BCUT2D eigenvalue weighted by molar-refractivity contribution is -0.140. The number of carbonyl (C=O) groups excluding carboxylic acids is 1. The molecule has 2 aromatic rings. The Balaban J connectivity index is 1.83. The Bertz CT molecular complexity index is 791. The quantitative estimate of drug-likeness (QED) is 0.908. The van der Waals surface area contributed by atoms with E-state index in [-0.39, 0.29) is 11.9 Å². The maximum Gasteiger partial charge on any atom is 0.307 e. The number of fused-ring (bicyclic) bond motifs is 1. The summed E-state index contributed by atoms with van der Waals surface area (Å²) in [4.78, 5) is 23.6. The fraction of sp³-hybridized carbons (Fsp3) is 0.471. The van der Waals surface area contributed by atoms with Crippen LogP contribution in [-0.4, -0.2) is 26.8 Å². The lowest BCUT2D eigenvalue weighted by Crippen LogP contribution is -2.17. The molecular formula is C17H21N3O3. The molecule has 3 rings (SSSR count). The summed E-state index contributed by atoms with van der Waals surface area (Å²) < 4.78 is 1.89. The van der Waals surface area contributed by atoms with Gasteiger partial charge in [-0.25, -0.2) is 0 Å². The Morgan fingerprint density at radius 2 is 2.00 bits per heavy atom. The SMILES string of the molecule is CC(C)n1ncc2ccc(NC(=O)[C@@H]3[C@H](C(=O)O)C3(C)C)cc21. The summed E-state index contributed by atoms with van der Waals surface area (Å²) in [5, 5.41) is 17.4. The average Bonchev–Trinajstić information content (AvgIpc) is 2.83. The lowest BCUT2D eigenvalue weighted by atomic mass is 10.1. The molecule has 1 heterocycles. The zero-order chi connectivity index (χ0) is 16.9. The van der Waals surface area contributed by atoms with Gasteiger partial charge in [0.25, 0.3) is 0 Å². The number of aliphatic carboxylic acids is 1. The summed E-state index contributed by atoms with van der Waals surface area (Å²) in [6.07, 6.45) is 1.80. The van der Waals surface area contributed by atoms with Crippen LogP contribution in [0.4, 0.5) is 5.69 Å². The summed E-state index contributed by atoms with van der Waals surface area (Å²) in [6, 6.07) is 5.82. The third kappa shape index (κ3) is 2.48. The topological polar surface area (TPSA) is 84.2 Å². The summed E-state index contributed by atoms with van der Waals surface area (Å²) in [6.45, 7) is 7.71. The van der Waals surface area contributed by atoms with Gasteiger partial charge in [-0.2, -0.15) is 5.10 Å². The first kappa shape index (κ1) is 15.5. The number of rotatable bonds is 4. The number of hydrogen-bond donors (Lipinski definition) is 2. The third-order valence-corrected chi connectivity index (χ3v) is 4.73. The minimum absolute atomic E-state index is 0.220. The molecule has 6 nitrogen and oxygen atoms in total. The molecule has 2 atom stereocenters. The van der Waals surface area contributed by atoms with Gasteiger partial charge in [0.05, 0.1) is 23.5 Å². The van der Waals surface area contributed by atoms with Gasteiger partial charge in [0, 0.05) is 17.1 Å². The highest BCUT2D eigenvalue weighted by molar-refractivity contribution is 6.00. The van der Waals surface area contributed by atoms with Crippen LogP contribution >= 0.6 is 0 Å². The minimum atomic E-state index is -0.913. The normalized spacial score (nSPS) is 22.3. The lowest BCUT2D eigenvalue weighted by Gasteiger charge is -2.09. The van der Waals surface area contributed by atoms with E-state index in [0.29, 0.717) is 5.69 Å². The van der Waals surface area contributed by atoms with E-state index in [1.807, 2.05) is 50.6 Å². The van der Waals surface area contributed by atoms with E-state index >= 15 is 0 Å². The van der Waals surface area contributed by atoms with E-state index in [0.717, 1.165) is 10.9 Å². The van der Waals surface area contributed by atoms with Crippen molar-refractivity contribution in [1.29, 1.82) is 0 Å². The molecule has 0 bridgehead atoms. The standard InChI is InChI=1S/C17H21N3O3/c1-9(2)20-12-7-11(6-5-10(12)8-18-20)19-15(21)13-14(16(22)23)17(13,3)4/h5-9,13-14H,1-4H3,(H,19,21)(H,22,23)/t13-,14+/m0/s1. The number of carboxylic acid groups (broad SMARTS) is 1. The predicted molar refractivity (Wildman–Crippen MR) is 87.1 cm³/mol. The number of nitrogens with zero attached hydrogens (tertiary/aromatic N) is 2. The van der Waals surface area contributed by atoms with E-state index in [9.17, 15) is 14.7 Å². The Morgan fingerprint density at radius 1 is 1.30 bits per heavy atom. The molecule has 1 fully saturated rings. The summed E-state index contributed by atoms with van der Waals surface area (Å²) >= 11 is 0. The van der Waals surface area contributed by atoms with Gasteiger partial charge in [-0.3, -0.25) is 14.3 Å². The smallest absolute Gasteiger partial charge is 0.307 e. The number of hydrogen-bond acceptors (Lipinski definition) is 3. The van der Waals surface area contributed by atoms with Crippen molar-refractivity contribution in [3.8, 4) is 0 Å². The second-order valence-corrected chi connectivity index (χ2v) is 7.06. The first-order valence-electron chi connectivity index (χ1n) is 7.74. The van der Waals surface area contributed by atoms with Gasteiger partial charge in [0.1, 0.15) is 0 Å². The number of carbonyl (C=O) groups is 2. The zero-order valence-corrected chi connectivity index (χ0v) is 13.7. The Kier molecular flexibility index (Phi) is 3.43. The van der Waals surface area contributed by atoms with Gasteiger partial charge in [-0.15, -0.1) is 0 Å². The van der Waals surface area contributed by atoms with Crippen LogP contribution in [-0.2, 0) is 9.59 Å². The van der Waals surface area contributed by atoms with Gasteiger partial charge in [0.15, 0.2) is 0 Å². The van der Waals surface area contributed by atoms with Crippen LogP contribution in [0.3, 0.4) is 0 Å². The first-order chi connectivity index (χ1) is 10.7. The van der Waals surface area contributed by atoms with E-state index < -0.39 is 23.2 Å². The monoisotopic (exact) mass is 315 g/mol. The number of benzene rings is 1. The second kappa shape index (κ2) is 5.08. The molecule has 2 N–H and O–H groups in total. The van der Waals surface area contributed by atoms with Crippen molar-refractivity contribution in [1.82, 2.24) is 9.78 Å². The molecular weight excluding hydrogens is 294 g/mol. The number of amides is 1. The second-order valence-electron chi connectivity index (χ2n) is 7.06. The van der Waals surface area contributed by atoms with Crippen molar-refractivity contribution in [3.63, 3.8) is 0 Å². The van der Waals surface area contributed by atoms with Crippen molar-refractivity contribution < 1.29 is 14.7 Å². The van der Waals surface area contributed by atoms with Crippen LogP contribution < -0.4 is 5.32 Å². The van der Waals surface area contributed by atoms with E-state index in [1.165, 1.54) is 0 Å². The molecule has 0 spiro atoms. The molecule has 1 aliphatic rings. The number of aromatic nitrogens is 2. The molecule has 0 radical (unpaired) electrons. The molecule has 1 saturated carbocycles. The third-order valence-electron chi connectivity index (χ3n) is 4.73. The van der Waals surface area contributed by atoms with Crippen LogP contribution in [0.25, 0.3) is 10.9 Å². The molecule has 0 aliphatic heterocycles. The number of nitrogens with one attached hydrogen (secondary N) is 1. The Hall–Kier alpha value is -2.37. The van der Waals surface area contributed by atoms with Crippen molar-refractivity contribution in [2.24, 2.45) is 17.3 Å². The van der Waals surface area contributed by atoms with Gasteiger partial charge < -0.3 is 10.4 Å². The van der Waals surface area contributed by atoms with Crippen molar-refractivity contribution in [2.45, 2.75) is 33.7 Å². The highest BCUT2D eigenvalue weighted by Crippen LogP contribution is 2.58. The maximum absolute atomic E-state index is 12.4. The van der Waals surface area contributed by atoms with Crippen LogP contribution in [0.15, 0.2) is 24.4 Å². The molecule has 122 valence electrons. The molecule has 0 saturated heterocycles. The maximum atomic E-state index is 12.4. The van der Waals surface area contributed by atoms with Crippen LogP contribution in [0.5, 0.6) is 0 Å². The number of anilines is 1. The van der Waals surface area contributed by atoms with Crippen molar-refractivity contribution >= 4 is 28.5 Å². The Morgan fingerprint density at radius 3 is 2.57 bits per heavy atom. The minimum Gasteiger partial charge on any atom is -0.481 e. The van der Waals surface area contributed by atoms with Crippen LogP contribution in [0.1, 0.15) is 33.7 Å². The fourth-order valence-corrected chi connectivity index (χ4v) is 3.34. The fourth-order valence-electron chi connectivity index (χ4n) is 3.34. The molecule has 6 heteroatoms. The van der Waals surface area contributed by atoms with Crippen LogP contribution in [0, 0.1) is 17.3 Å². The van der Waals surface area contributed by atoms with E-state index in [2.05, 4.69) is 10.4 Å². The molecule has 1 aliphatic carbocycles. The average molecular weight is 315 g/mol. The molecule has 23 heavy (non-hydrogen) atoms. The van der Waals surface area contributed by atoms with E-state index in [1.54, 1.807) is 6.20 Å². The number of carboxylic acids is 1. The summed E-state index contributed by atoms with van der Waals surface area (Å²) in [7, 11) is 0. The van der Waals surface area contributed by atoms with Crippen LogP contribution in [0.2, 0.25) is 0 Å². The highest BCUT2D eigenvalue weighted by Gasteiger charge is 2.65. The van der Waals surface area contributed by atoms with Gasteiger partial charge in [0.2, 0.25) is 5.91 Å². The largest absolute Gasteiger partial charge is 0.481 e. The summed E-state index contributed by atoms with van der Waals surface area (Å²) in [5.41, 5.74) is 1.11. The van der Waals surface area contributed by atoms with E-state index in [4.69, 9.17) is 0 Å². The first-order valence-corrected chi connectivity index (χ1v) is 7.74. The molecule has 1 aromatic carbocycles. The Labute approximate surface area is 134 Å². The van der Waals surface area contributed by atoms with Gasteiger partial charge in [-0.1, -0.05) is 13.8 Å². The molecule has 0 unspecified atom stereocenters. The van der Waals surface area contributed by atoms with Gasteiger partial charge in [-0.05, 0) is 37.5 Å².